The molecule has 2 heterocycles. The van der Waals surface area contributed by atoms with E-state index in [0.29, 0.717) is 16.9 Å². The van der Waals surface area contributed by atoms with Crippen LogP contribution in [0.2, 0.25) is 0 Å². The van der Waals surface area contributed by atoms with E-state index in [9.17, 15) is 0 Å². The molecule has 2 aromatic heterocycles. The van der Waals surface area contributed by atoms with Gasteiger partial charge >= 0.3 is 143 Å². The number of hydrogen-bond donors (Lipinski definition) is 0. The zero-order chi connectivity index (χ0) is 25.4. The molecule has 0 aliphatic heterocycles. The SMILES string of the molecule is CC(C)([CH]=[Mo+2]=[N]C12CC3CC(CC(C3)C1)C2)c1ccccc1.N#Cc1ccc[n-]1.N#Cc1ccc[n-]1. The van der Waals surface area contributed by atoms with E-state index < -0.39 is 0 Å². The summed E-state index contributed by atoms with van der Waals surface area (Å²) in [6.07, 6.45) is 12.0. The van der Waals surface area contributed by atoms with Crippen LogP contribution in [0.3, 0.4) is 0 Å². The molecule has 0 radical (unpaired) electrons. The Morgan fingerprint density at radius 3 is 1.72 bits per heavy atom. The van der Waals surface area contributed by atoms with Crippen molar-refractivity contribution in [2.24, 2.45) is 21.2 Å². The normalized spacial score (nSPS) is 25.1. The van der Waals surface area contributed by atoms with Crippen molar-refractivity contribution in [2.75, 3.05) is 0 Å². The van der Waals surface area contributed by atoms with Gasteiger partial charge in [-0.15, -0.1) is 0 Å². The van der Waals surface area contributed by atoms with Gasteiger partial charge < -0.3 is 9.97 Å². The molecule has 0 spiro atoms. The van der Waals surface area contributed by atoms with Gasteiger partial charge in [-0.25, -0.2) is 0 Å². The van der Waals surface area contributed by atoms with Crippen LogP contribution in [0.4, 0.5) is 0 Å². The molecule has 0 atom stereocenters. The second-order valence-electron chi connectivity index (χ2n) is 10.8. The van der Waals surface area contributed by atoms with E-state index in [1.807, 2.05) is 12.1 Å². The zero-order valence-corrected chi connectivity index (χ0v) is 23.1. The maximum atomic E-state index is 8.11. The fourth-order valence-corrected chi connectivity index (χ4v) is 8.33. The average molecular weight is 560 g/mol. The predicted octanol–water partition coefficient (Wildman–Crippen LogP) is 6.03. The van der Waals surface area contributed by atoms with E-state index in [2.05, 4.69) is 58.5 Å². The van der Waals surface area contributed by atoms with Crippen molar-refractivity contribution < 1.29 is 17.9 Å². The second kappa shape index (κ2) is 11.9. The molecule has 4 fully saturated rings. The van der Waals surface area contributed by atoms with E-state index in [1.165, 1.54) is 44.1 Å². The third-order valence-electron chi connectivity index (χ3n) is 7.45. The van der Waals surface area contributed by atoms with Crippen molar-refractivity contribution in [1.29, 1.82) is 10.5 Å². The molecule has 0 unspecified atom stereocenters. The molecule has 4 aliphatic rings. The first-order valence-corrected chi connectivity index (χ1v) is 14.7. The van der Waals surface area contributed by atoms with Crippen LogP contribution < -0.4 is 9.97 Å². The maximum absolute atomic E-state index is 8.11. The number of hydrogen-bond acceptors (Lipinski definition) is 3. The quantitative estimate of drug-likeness (QED) is 0.367. The van der Waals surface area contributed by atoms with Crippen molar-refractivity contribution >= 4 is 4.40 Å². The Morgan fingerprint density at radius 2 is 1.33 bits per heavy atom. The molecule has 184 valence electrons. The summed E-state index contributed by atoms with van der Waals surface area (Å²) in [4.78, 5) is 7.35. The molecule has 3 aromatic rings. The van der Waals surface area contributed by atoms with Crippen LogP contribution in [0.5, 0.6) is 0 Å². The molecule has 4 bridgehead atoms. The molecule has 5 nitrogen and oxygen atoms in total. The molecule has 7 rings (SSSR count). The Balaban J connectivity index is 0.000000177. The Bertz CT molecular complexity index is 1160. The number of rotatable bonds is 3. The van der Waals surface area contributed by atoms with Gasteiger partial charge in [-0.1, -0.05) is 35.7 Å². The van der Waals surface area contributed by atoms with Crippen molar-refractivity contribution in [1.82, 2.24) is 9.97 Å². The molecule has 0 N–H and O–H groups in total. The monoisotopic (exact) mass is 561 g/mol. The summed E-state index contributed by atoms with van der Waals surface area (Å²) >= 11 is -0.353. The fourth-order valence-electron chi connectivity index (χ4n) is 6.12. The third kappa shape index (κ3) is 6.87. The van der Waals surface area contributed by atoms with Gasteiger partial charge in [-0.3, -0.25) is 0 Å². The summed E-state index contributed by atoms with van der Waals surface area (Å²) in [6.45, 7) is 4.70. The number of nitriles is 2. The van der Waals surface area contributed by atoms with Crippen molar-refractivity contribution in [3.63, 3.8) is 0 Å². The van der Waals surface area contributed by atoms with Gasteiger partial charge in [0.2, 0.25) is 0 Å². The first-order valence-electron chi connectivity index (χ1n) is 12.6. The van der Waals surface area contributed by atoms with Crippen molar-refractivity contribution in [2.45, 2.75) is 63.3 Å². The summed E-state index contributed by atoms with van der Waals surface area (Å²) in [6, 6.07) is 21.5. The van der Waals surface area contributed by atoms with E-state index in [0.717, 1.165) is 17.8 Å². The van der Waals surface area contributed by atoms with Gasteiger partial charge in [0.1, 0.15) is 0 Å². The van der Waals surface area contributed by atoms with Crippen LogP contribution in [0, 0.1) is 40.4 Å². The van der Waals surface area contributed by atoms with E-state index in [4.69, 9.17) is 14.0 Å². The fraction of sp³-hybridized carbons (Fsp3) is 0.433. The molecule has 4 saturated carbocycles. The zero-order valence-electron chi connectivity index (χ0n) is 21.0. The third-order valence-corrected chi connectivity index (χ3v) is 10.4. The standard InChI is InChI=1S/C10H15N.C10H12.2C5H3N2.Mo/c11-10-4-7-1-8(5-10)3-9(2-7)6-10;1-10(2,3)9-7-5-4-6-8-9;2*6-4-5-2-1-3-7-5;/h7-9H,1-6H2;1,4-8H,2-3H3;2*1-3H;/q;;2*-1;+2. The number of aromatic nitrogens is 2. The second-order valence-corrected chi connectivity index (χ2v) is 12.4. The molecule has 0 amide bonds. The van der Waals surface area contributed by atoms with Crippen molar-refractivity contribution in [3.8, 4) is 12.1 Å². The van der Waals surface area contributed by atoms with E-state index in [1.54, 1.807) is 36.7 Å². The molecule has 36 heavy (non-hydrogen) atoms. The van der Waals surface area contributed by atoms with E-state index >= 15 is 0 Å². The van der Waals surface area contributed by atoms with Crippen LogP contribution in [-0.2, 0) is 23.3 Å². The Labute approximate surface area is 222 Å². The first-order chi connectivity index (χ1) is 17.4. The molecule has 1 aromatic carbocycles. The first kappa shape index (κ1) is 26.2. The summed E-state index contributed by atoms with van der Waals surface area (Å²) in [5.41, 5.74) is 3.00. The Kier molecular flexibility index (Phi) is 8.66. The van der Waals surface area contributed by atoms with Crippen LogP contribution >= 0.6 is 0 Å². The Morgan fingerprint density at radius 1 is 0.833 bits per heavy atom. The number of benzene rings is 1. The van der Waals surface area contributed by atoms with Gasteiger partial charge in [-0.2, -0.15) is 22.9 Å². The maximum Gasteiger partial charge on any atom is 0.0751 e. The minimum absolute atomic E-state index is 0.176. The van der Waals surface area contributed by atoms with Crippen LogP contribution in [-0.4, -0.2) is 9.94 Å². The summed E-state index contributed by atoms with van der Waals surface area (Å²) in [5, 5.41) is 16.2. The minimum atomic E-state index is -0.353. The average Bonchev–Trinajstić information content (AvgIpc) is 3.59. The summed E-state index contributed by atoms with van der Waals surface area (Å²) in [5.74, 6) is 3.05. The summed E-state index contributed by atoms with van der Waals surface area (Å²) < 4.78 is 7.96. The van der Waals surface area contributed by atoms with Gasteiger partial charge in [-0.05, 0) is 0 Å². The van der Waals surface area contributed by atoms with Gasteiger partial charge in [0, 0.05) is 0 Å². The molecule has 0 saturated heterocycles. The molecular weight excluding hydrogens is 526 g/mol. The van der Waals surface area contributed by atoms with Gasteiger partial charge in [0.05, 0.1) is 12.1 Å². The smallest absolute Gasteiger partial charge is 0.0751 e. The summed E-state index contributed by atoms with van der Waals surface area (Å²) in [7, 11) is 0. The largest absolute Gasteiger partial charge is 0.655 e. The minimum Gasteiger partial charge on any atom is -0.655 e. The van der Waals surface area contributed by atoms with Crippen molar-refractivity contribution in [3.05, 3.63) is 83.9 Å². The topological polar surface area (TPSA) is 88.1 Å². The van der Waals surface area contributed by atoms with E-state index in [-0.39, 0.29) is 23.3 Å². The van der Waals surface area contributed by atoms with Crippen LogP contribution in [0.25, 0.3) is 0 Å². The molecular formula is C30H33MoN5. The van der Waals surface area contributed by atoms with Gasteiger partial charge in [0.25, 0.3) is 0 Å². The van der Waals surface area contributed by atoms with Gasteiger partial charge in [0.15, 0.2) is 0 Å². The molecule has 4 aliphatic carbocycles. The van der Waals surface area contributed by atoms with Crippen LogP contribution in [0.1, 0.15) is 69.3 Å². The molecule has 6 heteroatoms. The number of nitrogens with zero attached hydrogens (tertiary/aromatic N) is 5. The Hall–Kier alpha value is -2.88. The predicted molar refractivity (Wildman–Crippen MR) is 138 cm³/mol. The van der Waals surface area contributed by atoms with Crippen LogP contribution in [0.15, 0.2) is 70.5 Å².